The molecule has 1 rings (SSSR count). The number of benzene rings is 1. The fourth-order valence-corrected chi connectivity index (χ4v) is 2.68. The number of phenols is 1. The maximum absolute atomic E-state index is 11.9. The molecule has 23 heavy (non-hydrogen) atoms. The van der Waals surface area contributed by atoms with Crippen LogP contribution in [0.2, 0.25) is 0 Å². The minimum Gasteiger partial charge on any atom is -0.508 e. The summed E-state index contributed by atoms with van der Waals surface area (Å²) < 4.78 is 0. The number of carbonyl (C=O) groups excluding carboxylic acids is 2. The number of amides is 1. The van der Waals surface area contributed by atoms with Crippen LogP contribution in [0.5, 0.6) is 5.75 Å². The van der Waals surface area contributed by atoms with Crippen molar-refractivity contribution in [3.63, 3.8) is 0 Å². The van der Waals surface area contributed by atoms with Gasteiger partial charge in [0.25, 0.3) is 0 Å². The topological polar surface area (TPSA) is 104 Å². The van der Waals surface area contributed by atoms with E-state index in [0.29, 0.717) is 12.2 Å². The Morgan fingerprint density at radius 3 is 2.35 bits per heavy atom. The van der Waals surface area contributed by atoms with Crippen molar-refractivity contribution in [2.24, 2.45) is 5.92 Å². The molecule has 0 saturated carbocycles. The van der Waals surface area contributed by atoms with E-state index in [1.807, 2.05) is 0 Å². The van der Waals surface area contributed by atoms with Gasteiger partial charge in [0, 0.05) is 5.75 Å². The molecule has 0 fully saturated rings. The Balaban J connectivity index is 2.49. The van der Waals surface area contributed by atoms with Crippen LogP contribution in [-0.2, 0) is 20.8 Å². The lowest BCUT2D eigenvalue weighted by molar-refractivity contribution is -0.140. The Labute approximate surface area is 139 Å². The third-order valence-electron chi connectivity index (χ3n) is 3.22. The Hall–Kier alpha value is -2.02. The normalized spacial score (nSPS) is 13.1. The summed E-state index contributed by atoms with van der Waals surface area (Å²) in [5, 5.41) is 20.7. The molecule has 3 N–H and O–H groups in total. The van der Waals surface area contributed by atoms with Crippen LogP contribution in [0.15, 0.2) is 24.3 Å². The van der Waals surface area contributed by atoms with Crippen LogP contribution in [0.1, 0.15) is 19.4 Å². The van der Waals surface area contributed by atoms with Crippen molar-refractivity contribution in [1.29, 1.82) is 0 Å². The molecule has 1 aromatic rings. The number of nitrogens with one attached hydrogen (secondary N) is 1. The zero-order valence-corrected chi connectivity index (χ0v) is 13.9. The highest BCUT2D eigenvalue weighted by atomic mass is 32.2. The smallest absolute Gasteiger partial charge is 0.307 e. The molecular formula is C16H21NO5S. The highest BCUT2D eigenvalue weighted by Crippen LogP contribution is 2.12. The molecule has 0 aromatic heterocycles. The van der Waals surface area contributed by atoms with Crippen molar-refractivity contribution in [2.75, 3.05) is 11.5 Å². The first-order valence-corrected chi connectivity index (χ1v) is 8.33. The maximum atomic E-state index is 11.9. The van der Waals surface area contributed by atoms with Crippen molar-refractivity contribution >= 4 is 29.4 Å². The van der Waals surface area contributed by atoms with Gasteiger partial charge < -0.3 is 15.5 Å². The van der Waals surface area contributed by atoms with Gasteiger partial charge in [0.1, 0.15) is 5.75 Å². The number of hydrogen-bond donors (Lipinski definition) is 3. The third kappa shape index (κ3) is 7.19. The summed E-state index contributed by atoms with van der Waals surface area (Å²) in [4.78, 5) is 34.2. The number of ketones is 1. The van der Waals surface area contributed by atoms with Gasteiger partial charge in [-0.05, 0) is 31.0 Å². The molecule has 7 heteroatoms. The number of carbonyl (C=O) groups is 3. The lowest BCUT2D eigenvalue weighted by Crippen LogP contribution is -2.42. The van der Waals surface area contributed by atoms with Crippen LogP contribution in [0.3, 0.4) is 0 Å². The summed E-state index contributed by atoms with van der Waals surface area (Å²) in [6.45, 7) is 2.99. The Morgan fingerprint density at radius 2 is 1.83 bits per heavy atom. The summed E-state index contributed by atoms with van der Waals surface area (Å²) in [5.41, 5.74) is 0.829. The van der Waals surface area contributed by atoms with Crippen LogP contribution in [0.4, 0.5) is 0 Å². The number of carboxylic acid groups (broad SMARTS) is 1. The molecule has 0 bridgehead atoms. The molecule has 0 radical (unpaired) electrons. The number of Topliss-reactive ketones (excluding diaryl/α,β-unsaturated/α-hetero) is 1. The molecule has 1 aromatic carbocycles. The fraction of sp³-hybridized carbons (Fsp3) is 0.438. The lowest BCUT2D eigenvalue weighted by Gasteiger charge is -2.16. The number of aromatic hydroxyl groups is 1. The molecule has 0 saturated heterocycles. The van der Waals surface area contributed by atoms with Crippen molar-refractivity contribution in [2.45, 2.75) is 26.3 Å². The average Bonchev–Trinajstić information content (AvgIpc) is 2.48. The summed E-state index contributed by atoms with van der Waals surface area (Å²) in [7, 11) is 0. The summed E-state index contributed by atoms with van der Waals surface area (Å²) >= 11 is 1.22. The number of phenolic OH excluding ortho intramolecular Hbond substituents is 1. The van der Waals surface area contributed by atoms with Crippen LogP contribution in [0.25, 0.3) is 0 Å². The van der Waals surface area contributed by atoms with E-state index >= 15 is 0 Å². The van der Waals surface area contributed by atoms with Gasteiger partial charge in [-0.1, -0.05) is 19.1 Å². The predicted molar refractivity (Wildman–Crippen MR) is 88.5 cm³/mol. The van der Waals surface area contributed by atoms with E-state index in [1.165, 1.54) is 30.8 Å². The second-order valence-corrected chi connectivity index (χ2v) is 6.39. The summed E-state index contributed by atoms with van der Waals surface area (Å²) in [6.07, 6.45) is 0.345. The number of carboxylic acids is 1. The molecule has 0 aliphatic carbocycles. The zero-order valence-electron chi connectivity index (χ0n) is 13.1. The standard InChI is InChI=1S/C16H21NO5S/c1-10(16(21)22)8-23-9-15(20)17-14(11(2)18)7-12-3-5-13(19)6-4-12/h3-6,10,14,19H,7-9H2,1-2H3,(H,17,20)(H,21,22). The Morgan fingerprint density at radius 1 is 1.22 bits per heavy atom. The summed E-state index contributed by atoms with van der Waals surface area (Å²) in [5.74, 6) is -1.29. The van der Waals surface area contributed by atoms with Gasteiger partial charge in [0.2, 0.25) is 5.91 Å². The zero-order chi connectivity index (χ0) is 17.4. The number of rotatable bonds is 9. The molecule has 2 unspecified atom stereocenters. The van der Waals surface area contributed by atoms with Crippen LogP contribution < -0.4 is 5.32 Å². The highest BCUT2D eigenvalue weighted by molar-refractivity contribution is 7.99. The molecule has 0 heterocycles. The highest BCUT2D eigenvalue weighted by Gasteiger charge is 2.18. The lowest BCUT2D eigenvalue weighted by atomic mass is 10.0. The molecule has 2 atom stereocenters. The minimum absolute atomic E-state index is 0.108. The number of thioether (sulfide) groups is 1. The first kappa shape index (κ1) is 19.0. The largest absolute Gasteiger partial charge is 0.508 e. The molecule has 1 amide bonds. The molecule has 6 nitrogen and oxygen atoms in total. The molecule has 126 valence electrons. The van der Waals surface area contributed by atoms with Gasteiger partial charge in [0.05, 0.1) is 17.7 Å². The first-order valence-electron chi connectivity index (χ1n) is 7.18. The van der Waals surface area contributed by atoms with E-state index < -0.39 is 17.9 Å². The summed E-state index contributed by atoms with van der Waals surface area (Å²) in [6, 6.07) is 5.81. The van der Waals surface area contributed by atoms with Gasteiger partial charge in [-0.25, -0.2) is 0 Å². The van der Waals surface area contributed by atoms with Crippen LogP contribution in [-0.4, -0.2) is 45.4 Å². The fourth-order valence-electron chi connectivity index (χ4n) is 1.80. The van der Waals surface area contributed by atoms with E-state index in [4.69, 9.17) is 5.11 Å². The number of aliphatic carboxylic acids is 1. The second-order valence-electron chi connectivity index (χ2n) is 5.36. The SMILES string of the molecule is CC(=O)C(Cc1ccc(O)cc1)NC(=O)CSCC(C)C(=O)O. The quantitative estimate of drug-likeness (QED) is 0.629. The third-order valence-corrected chi connectivity index (χ3v) is 4.43. The van der Waals surface area contributed by atoms with Gasteiger partial charge >= 0.3 is 5.97 Å². The van der Waals surface area contributed by atoms with Gasteiger partial charge in [-0.3, -0.25) is 14.4 Å². The maximum Gasteiger partial charge on any atom is 0.307 e. The molecule has 0 spiro atoms. The number of hydrogen-bond acceptors (Lipinski definition) is 5. The molecular weight excluding hydrogens is 318 g/mol. The monoisotopic (exact) mass is 339 g/mol. The van der Waals surface area contributed by atoms with E-state index in [-0.39, 0.29) is 23.2 Å². The molecule has 0 aliphatic heterocycles. The first-order chi connectivity index (χ1) is 10.8. The van der Waals surface area contributed by atoms with Crippen molar-refractivity contribution in [3.05, 3.63) is 29.8 Å². The Bertz CT molecular complexity index is 558. The second kappa shape index (κ2) is 9.19. The molecule has 0 aliphatic rings. The van der Waals surface area contributed by atoms with E-state index in [9.17, 15) is 19.5 Å². The van der Waals surface area contributed by atoms with Gasteiger partial charge in [-0.2, -0.15) is 11.8 Å². The van der Waals surface area contributed by atoms with Gasteiger partial charge in [0.15, 0.2) is 5.78 Å². The van der Waals surface area contributed by atoms with E-state index in [2.05, 4.69) is 5.32 Å². The van der Waals surface area contributed by atoms with Crippen molar-refractivity contribution in [1.82, 2.24) is 5.32 Å². The average molecular weight is 339 g/mol. The Kier molecular flexibility index (Phi) is 7.61. The van der Waals surface area contributed by atoms with Crippen LogP contribution >= 0.6 is 11.8 Å². The van der Waals surface area contributed by atoms with E-state index in [1.54, 1.807) is 19.1 Å². The van der Waals surface area contributed by atoms with Crippen LogP contribution in [0, 0.1) is 5.92 Å². The van der Waals surface area contributed by atoms with E-state index in [0.717, 1.165) is 5.56 Å². The van der Waals surface area contributed by atoms with Gasteiger partial charge in [-0.15, -0.1) is 0 Å². The predicted octanol–water partition coefficient (Wildman–Crippen LogP) is 1.46. The van der Waals surface area contributed by atoms with Crippen molar-refractivity contribution in [3.8, 4) is 5.75 Å². The van der Waals surface area contributed by atoms with Crippen molar-refractivity contribution < 1.29 is 24.6 Å². The minimum atomic E-state index is -0.896.